The maximum atomic E-state index is 13.3. The first kappa shape index (κ1) is 19.8. The van der Waals surface area contributed by atoms with Crippen LogP contribution in [0.15, 0.2) is 42.6 Å². The van der Waals surface area contributed by atoms with Crippen molar-refractivity contribution < 1.29 is 12.8 Å². The van der Waals surface area contributed by atoms with Crippen LogP contribution < -0.4 is 4.90 Å². The lowest BCUT2D eigenvalue weighted by Crippen LogP contribution is -2.48. The molecule has 2 heterocycles. The molecule has 0 N–H and O–H groups in total. The fourth-order valence-electron chi connectivity index (χ4n) is 4.04. The molecule has 4 rings (SSSR count). The van der Waals surface area contributed by atoms with Gasteiger partial charge in [-0.25, -0.2) is 21.8 Å². The quantitative estimate of drug-likeness (QED) is 0.655. The van der Waals surface area contributed by atoms with E-state index in [4.69, 9.17) is 0 Å². The van der Waals surface area contributed by atoms with Crippen molar-refractivity contribution in [3.8, 4) is 5.69 Å². The predicted molar refractivity (Wildman–Crippen MR) is 114 cm³/mol. The molecule has 0 amide bonds. The molecule has 154 valence electrons. The van der Waals surface area contributed by atoms with Crippen molar-refractivity contribution >= 4 is 26.6 Å². The summed E-state index contributed by atoms with van der Waals surface area (Å²) in [5.41, 5.74) is 3.97. The zero-order chi connectivity index (χ0) is 20.8. The number of likely N-dealkylation sites (N-methyl/N-ethyl adjacent to an activating group) is 1. The number of piperidine rings is 1. The van der Waals surface area contributed by atoms with Crippen LogP contribution in [0.3, 0.4) is 0 Å². The highest BCUT2D eigenvalue weighted by Crippen LogP contribution is 2.31. The molecule has 8 heteroatoms. The Morgan fingerprint density at radius 1 is 1.21 bits per heavy atom. The molecule has 6 nitrogen and oxygen atoms in total. The number of benzene rings is 2. The average molecular weight is 417 g/mol. The van der Waals surface area contributed by atoms with Crippen LogP contribution in [0, 0.1) is 12.7 Å². The normalized spacial score (nSPS) is 18.0. The topological polar surface area (TPSA) is 58.4 Å². The number of hydrogen-bond donors (Lipinski definition) is 0. The van der Waals surface area contributed by atoms with Crippen LogP contribution in [0.2, 0.25) is 0 Å². The third-order valence-corrected chi connectivity index (χ3v) is 7.08. The van der Waals surface area contributed by atoms with Gasteiger partial charge in [0.05, 0.1) is 23.7 Å². The van der Waals surface area contributed by atoms with Gasteiger partial charge in [0, 0.05) is 37.3 Å². The van der Waals surface area contributed by atoms with E-state index >= 15 is 0 Å². The maximum Gasteiger partial charge on any atom is 0.211 e. The van der Waals surface area contributed by atoms with E-state index in [1.165, 1.54) is 22.7 Å². The molecule has 0 aliphatic carbocycles. The summed E-state index contributed by atoms with van der Waals surface area (Å²) >= 11 is 0. The molecule has 29 heavy (non-hydrogen) atoms. The Balaban J connectivity index is 1.67. The molecule has 0 bridgehead atoms. The molecule has 3 aromatic rings. The number of aryl methyl sites for hydroxylation is 1. The van der Waals surface area contributed by atoms with E-state index in [9.17, 15) is 12.8 Å². The largest absolute Gasteiger partial charge is 0.370 e. The summed E-state index contributed by atoms with van der Waals surface area (Å²) in [4.78, 5) is 2.26. The van der Waals surface area contributed by atoms with Gasteiger partial charge < -0.3 is 4.90 Å². The van der Waals surface area contributed by atoms with Gasteiger partial charge in [-0.15, -0.1) is 0 Å². The van der Waals surface area contributed by atoms with Gasteiger partial charge in [0.1, 0.15) is 5.82 Å². The minimum Gasteiger partial charge on any atom is -0.370 e. The summed E-state index contributed by atoms with van der Waals surface area (Å²) in [5, 5.41) is 5.48. The molecular formula is C21H25FN4O2S. The summed E-state index contributed by atoms with van der Waals surface area (Å²) in [7, 11) is -1.56. The number of halogens is 1. The molecule has 1 saturated heterocycles. The molecule has 1 aromatic heterocycles. The lowest BCUT2D eigenvalue weighted by molar-refractivity contribution is 0.322. The summed E-state index contributed by atoms with van der Waals surface area (Å²) < 4.78 is 40.4. The second-order valence-electron chi connectivity index (χ2n) is 7.75. The summed E-state index contributed by atoms with van der Waals surface area (Å²) in [6.07, 6.45) is 4.87. The molecule has 2 aromatic carbocycles. The van der Waals surface area contributed by atoms with E-state index in [1.807, 2.05) is 10.9 Å². The second kappa shape index (κ2) is 7.42. The molecule has 1 fully saturated rings. The molecule has 0 saturated carbocycles. The van der Waals surface area contributed by atoms with E-state index in [2.05, 4.69) is 29.1 Å². The van der Waals surface area contributed by atoms with Gasteiger partial charge in [0.2, 0.25) is 10.0 Å². The Morgan fingerprint density at radius 2 is 1.93 bits per heavy atom. The lowest BCUT2D eigenvalue weighted by atomic mass is 10.0. The number of anilines is 1. The van der Waals surface area contributed by atoms with Crippen LogP contribution in [-0.4, -0.2) is 54.9 Å². The van der Waals surface area contributed by atoms with E-state index in [-0.39, 0.29) is 11.9 Å². The molecule has 0 radical (unpaired) electrons. The first-order valence-electron chi connectivity index (χ1n) is 9.66. The summed E-state index contributed by atoms with van der Waals surface area (Å²) in [6.45, 7) is 3.62. The third kappa shape index (κ3) is 3.86. The van der Waals surface area contributed by atoms with Gasteiger partial charge in [-0.2, -0.15) is 5.10 Å². The van der Waals surface area contributed by atoms with Gasteiger partial charge in [0.15, 0.2) is 0 Å². The maximum absolute atomic E-state index is 13.3. The van der Waals surface area contributed by atoms with Gasteiger partial charge in [-0.1, -0.05) is 0 Å². The third-order valence-electron chi connectivity index (χ3n) is 5.73. The van der Waals surface area contributed by atoms with E-state index in [1.54, 1.807) is 19.2 Å². The second-order valence-corrected chi connectivity index (χ2v) is 9.79. The summed E-state index contributed by atoms with van der Waals surface area (Å²) in [6, 6.07) is 10.4. The molecule has 1 aliphatic heterocycles. The minimum atomic E-state index is -3.22. The first-order chi connectivity index (χ1) is 13.7. The van der Waals surface area contributed by atoms with Crippen molar-refractivity contribution in [1.29, 1.82) is 0 Å². The van der Waals surface area contributed by atoms with Gasteiger partial charge in [-0.05, 0) is 61.7 Å². The molecule has 0 spiro atoms. The first-order valence-corrected chi connectivity index (χ1v) is 11.5. The van der Waals surface area contributed by atoms with Crippen LogP contribution in [-0.2, 0) is 10.0 Å². The van der Waals surface area contributed by atoms with Crippen LogP contribution >= 0.6 is 0 Å². The zero-order valence-electron chi connectivity index (χ0n) is 16.8. The standard InChI is InChI=1S/C21H25FN4O2S/c1-15-11-21-16(13-23-26(21)18-8-6-17(22)7-9-18)12-20(15)25-10-4-5-19(14-25)24(2)29(3,27)28/h6-9,11-13,19H,4-5,10,14H2,1-3H3/t19-/m0/s1. The minimum absolute atomic E-state index is 0.0317. The number of rotatable bonds is 4. The van der Waals surface area contributed by atoms with Crippen LogP contribution in [0.1, 0.15) is 18.4 Å². The van der Waals surface area contributed by atoms with Crippen LogP contribution in [0.5, 0.6) is 0 Å². The monoisotopic (exact) mass is 416 g/mol. The lowest BCUT2D eigenvalue weighted by Gasteiger charge is -2.38. The number of aromatic nitrogens is 2. The van der Waals surface area contributed by atoms with Crippen molar-refractivity contribution in [2.75, 3.05) is 31.3 Å². The van der Waals surface area contributed by atoms with Crippen molar-refractivity contribution in [3.63, 3.8) is 0 Å². The predicted octanol–water partition coefficient (Wildman–Crippen LogP) is 3.33. The number of fused-ring (bicyclic) bond motifs is 1. The number of nitrogens with zero attached hydrogens (tertiary/aromatic N) is 4. The van der Waals surface area contributed by atoms with Crippen molar-refractivity contribution in [2.24, 2.45) is 0 Å². The smallest absolute Gasteiger partial charge is 0.211 e. The van der Waals surface area contributed by atoms with Gasteiger partial charge in [0.25, 0.3) is 0 Å². The molecule has 0 unspecified atom stereocenters. The van der Waals surface area contributed by atoms with Crippen molar-refractivity contribution in [3.05, 3.63) is 54.0 Å². The van der Waals surface area contributed by atoms with Gasteiger partial charge >= 0.3 is 0 Å². The molecule has 1 aliphatic rings. The summed E-state index contributed by atoms with van der Waals surface area (Å²) in [5.74, 6) is -0.276. The molecular weight excluding hydrogens is 391 g/mol. The van der Waals surface area contributed by atoms with Crippen LogP contribution in [0.4, 0.5) is 10.1 Å². The zero-order valence-corrected chi connectivity index (χ0v) is 17.7. The van der Waals surface area contributed by atoms with Crippen LogP contribution in [0.25, 0.3) is 16.6 Å². The number of sulfonamides is 1. The average Bonchev–Trinajstić information content (AvgIpc) is 3.09. The van der Waals surface area contributed by atoms with E-state index in [0.717, 1.165) is 47.2 Å². The Bertz CT molecular complexity index is 1140. The highest BCUT2D eigenvalue weighted by molar-refractivity contribution is 7.88. The fraction of sp³-hybridized carbons (Fsp3) is 0.381. The Hall–Kier alpha value is -2.45. The fourth-order valence-corrected chi connectivity index (χ4v) is 4.75. The number of hydrogen-bond acceptors (Lipinski definition) is 4. The van der Waals surface area contributed by atoms with Gasteiger partial charge in [-0.3, -0.25) is 0 Å². The van der Waals surface area contributed by atoms with E-state index in [0.29, 0.717) is 6.54 Å². The SMILES string of the molecule is Cc1cc2c(cnn2-c2ccc(F)cc2)cc1N1CCC[C@H](N(C)S(C)(=O)=O)C1. The Labute approximate surface area is 170 Å². The highest BCUT2D eigenvalue weighted by atomic mass is 32.2. The Kier molecular flexibility index (Phi) is 5.08. The van der Waals surface area contributed by atoms with Crippen molar-refractivity contribution in [1.82, 2.24) is 14.1 Å². The highest BCUT2D eigenvalue weighted by Gasteiger charge is 2.28. The Morgan fingerprint density at radius 3 is 2.62 bits per heavy atom. The van der Waals surface area contributed by atoms with E-state index < -0.39 is 10.0 Å². The van der Waals surface area contributed by atoms with Crippen molar-refractivity contribution in [2.45, 2.75) is 25.8 Å². The molecule has 1 atom stereocenters.